The maximum atomic E-state index is 12.4. The molecule has 21 heavy (non-hydrogen) atoms. The predicted molar refractivity (Wildman–Crippen MR) is 87.4 cm³/mol. The van der Waals surface area contributed by atoms with E-state index in [4.69, 9.17) is 10.5 Å². The smallest absolute Gasteiger partial charge is 0.265 e. The molecule has 1 aromatic rings. The lowest BCUT2D eigenvalue weighted by molar-refractivity contribution is 0.0939. The molecule has 6 nitrogen and oxygen atoms in total. The van der Waals surface area contributed by atoms with Crippen LogP contribution in [-0.4, -0.2) is 54.7 Å². The van der Waals surface area contributed by atoms with Crippen molar-refractivity contribution in [3.8, 4) is 0 Å². The van der Waals surface area contributed by atoms with Crippen LogP contribution in [0.5, 0.6) is 0 Å². The summed E-state index contributed by atoms with van der Waals surface area (Å²) in [5.74, 6) is 2.48. The zero-order chi connectivity index (χ0) is 14.7. The lowest BCUT2D eigenvalue weighted by atomic mass is 10.1. The minimum absolute atomic E-state index is 0.0820. The van der Waals surface area contributed by atoms with Crippen molar-refractivity contribution >= 4 is 40.0 Å². The van der Waals surface area contributed by atoms with Crippen molar-refractivity contribution in [3.63, 3.8) is 0 Å². The Hall–Kier alpha value is -0.990. The topological polar surface area (TPSA) is 80.5 Å². The number of nitrogens with one attached hydrogen (secondary N) is 1. The monoisotopic (exact) mass is 328 g/mol. The maximum absolute atomic E-state index is 12.4. The largest absolute Gasteiger partial charge is 0.382 e. The predicted octanol–water partition coefficient (Wildman–Crippen LogP) is 1.19. The van der Waals surface area contributed by atoms with Gasteiger partial charge in [0.05, 0.1) is 13.2 Å². The number of morpholine rings is 1. The van der Waals surface area contributed by atoms with Crippen LogP contribution >= 0.6 is 23.1 Å². The molecule has 0 aromatic carbocycles. The number of anilines is 2. The molecule has 2 fully saturated rings. The Labute approximate surface area is 132 Å². The summed E-state index contributed by atoms with van der Waals surface area (Å²) < 4.78 is 5.33. The first-order valence-corrected chi connectivity index (χ1v) is 9.19. The molecular weight excluding hydrogens is 308 g/mol. The summed E-state index contributed by atoms with van der Waals surface area (Å²) in [5, 5.41) is 3.91. The molecule has 0 spiro atoms. The third-order valence-electron chi connectivity index (χ3n) is 3.69. The molecule has 3 N–H and O–H groups in total. The summed E-state index contributed by atoms with van der Waals surface area (Å²) in [5.41, 5.74) is 5.93. The second-order valence-corrected chi connectivity index (χ2v) is 7.37. The number of thiazole rings is 1. The fourth-order valence-corrected chi connectivity index (χ4v) is 4.51. The molecule has 0 unspecified atom stereocenters. The Morgan fingerprint density at radius 3 is 2.76 bits per heavy atom. The van der Waals surface area contributed by atoms with Gasteiger partial charge in [-0.2, -0.15) is 11.8 Å². The summed E-state index contributed by atoms with van der Waals surface area (Å²) in [7, 11) is 0. The summed E-state index contributed by atoms with van der Waals surface area (Å²) in [4.78, 5) is 19.4. The van der Waals surface area contributed by atoms with E-state index in [1.54, 1.807) is 0 Å². The lowest BCUT2D eigenvalue weighted by Crippen LogP contribution is -2.37. The van der Waals surface area contributed by atoms with Crippen LogP contribution in [0, 0.1) is 0 Å². The van der Waals surface area contributed by atoms with E-state index < -0.39 is 0 Å². The second kappa shape index (κ2) is 6.85. The Morgan fingerprint density at radius 1 is 1.33 bits per heavy atom. The van der Waals surface area contributed by atoms with Gasteiger partial charge < -0.3 is 20.7 Å². The molecule has 3 heterocycles. The minimum Gasteiger partial charge on any atom is -0.382 e. The highest BCUT2D eigenvalue weighted by atomic mass is 32.2. The van der Waals surface area contributed by atoms with E-state index in [0.717, 1.165) is 42.6 Å². The van der Waals surface area contributed by atoms with Crippen LogP contribution in [0.1, 0.15) is 22.5 Å². The molecule has 0 bridgehead atoms. The van der Waals surface area contributed by atoms with Gasteiger partial charge in [0.1, 0.15) is 10.7 Å². The van der Waals surface area contributed by atoms with Crippen molar-refractivity contribution in [1.82, 2.24) is 10.3 Å². The molecule has 1 aromatic heterocycles. The van der Waals surface area contributed by atoms with E-state index in [1.165, 1.54) is 11.3 Å². The third-order valence-corrected chi connectivity index (χ3v) is 5.87. The number of nitrogens with zero attached hydrogens (tertiary/aromatic N) is 2. The van der Waals surface area contributed by atoms with Crippen LogP contribution in [0.25, 0.3) is 0 Å². The van der Waals surface area contributed by atoms with Crippen LogP contribution in [0.15, 0.2) is 0 Å². The fraction of sp³-hybridized carbons (Fsp3) is 0.692. The molecule has 2 saturated heterocycles. The first kappa shape index (κ1) is 14.9. The van der Waals surface area contributed by atoms with E-state index >= 15 is 0 Å². The first-order chi connectivity index (χ1) is 10.2. The summed E-state index contributed by atoms with van der Waals surface area (Å²) >= 11 is 3.32. The van der Waals surface area contributed by atoms with Crippen molar-refractivity contribution in [1.29, 1.82) is 0 Å². The van der Waals surface area contributed by atoms with Gasteiger partial charge in [-0.3, -0.25) is 4.79 Å². The molecule has 3 rings (SSSR count). The average Bonchev–Trinajstić information content (AvgIpc) is 2.91. The first-order valence-electron chi connectivity index (χ1n) is 7.21. The lowest BCUT2D eigenvalue weighted by Gasteiger charge is -2.25. The zero-order valence-electron chi connectivity index (χ0n) is 11.8. The molecule has 0 atom stereocenters. The van der Waals surface area contributed by atoms with Gasteiger partial charge in [-0.05, 0) is 24.3 Å². The van der Waals surface area contributed by atoms with Crippen molar-refractivity contribution in [3.05, 3.63) is 4.88 Å². The Bertz CT molecular complexity index is 496. The van der Waals surface area contributed by atoms with Gasteiger partial charge in [0.2, 0.25) is 0 Å². The number of hydrogen-bond donors (Lipinski definition) is 2. The van der Waals surface area contributed by atoms with E-state index in [-0.39, 0.29) is 11.9 Å². The van der Waals surface area contributed by atoms with Crippen LogP contribution in [0.3, 0.4) is 0 Å². The molecular formula is C13H20N4O2S2. The number of nitrogen functional groups attached to an aromatic ring is 1. The zero-order valence-corrected chi connectivity index (χ0v) is 13.5. The van der Waals surface area contributed by atoms with E-state index in [0.29, 0.717) is 23.9 Å². The molecule has 8 heteroatoms. The molecule has 2 aliphatic heterocycles. The average molecular weight is 328 g/mol. The Balaban J connectivity index is 1.66. The van der Waals surface area contributed by atoms with Gasteiger partial charge >= 0.3 is 0 Å². The number of aromatic nitrogens is 1. The maximum Gasteiger partial charge on any atom is 0.265 e. The summed E-state index contributed by atoms with van der Waals surface area (Å²) in [6.45, 7) is 2.99. The van der Waals surface area contributed by atoms with Gasteiger partial charge in [-0.15, -0.1) is 0 Å². The van der Waals surface area contributed by atoms with Crippen LogP contribution in [-0.2, 0) is 4.74 Å². The van der Waals surface area contributed by atoms with E-state index in [2.05, 4.69) is 15.2 Å². The normalized spacial score (nSPS) is 20.5. The molecule has 2 aliphatic rings. The van der Waals surface area contributed by atoms with Crippen LogP contribution in [0.4, 0.5) is 10.9 Å². The third kappa shape index (κ3) is 3.61. The Kier molecular flexibility index (Phi) is 4.87. The summed E-state index contributed by atoms with van der Waals surface area (Å²) in [6, 6.07) is 0.270. The SMILES string of the molecule is Nc1nc(N2CCOCC2)sc1C(=O)NC1CCSCC1. The molecule has 116 valence electrons. The number of nitrogens with two attached hydrogens (primary N) is 1. The van der Waals surface area contributed by atoms with Gasteiger partial charge in [-0.1, -0.05) is 11.3 Å². The minimum atomic E-state index is -0.0820. The molecule has 0 radical (unpaired) electrons. The number of amides is 1. The fourth-order valence-electron chi connectivity index (χ4n) is 2.47. The Morgan fingerprint density at radius 2 is 2.05 bits per heavy atom. The number of carbonyl (C=O) groups excluding carboxylic acids is 1. The van der Waals surface area contributed by atoms with Crippen molar-refractivity contribution in [2.75, 3.05) is 48.4 Å². The number of thioether (sulfide) groups is 1. The molecule has 0 aliphatic carbocycles. The number of rotatable bonds is 3. The van der Waals surface area contributed by atoms with Crippen molar-refractivity contribution in [2.45, 2.75) is 18.9 Å². The number of carbonyl (C=O) groups is 1. The highest BCUT2D eigenvalue weighted by molar-refractivity contribution is 7.99. The van der Waals surface area contributed by atoms with Crippen molar-refractivity contribution < 1.29 is 9.53 Å². The van der Waals surface area contributed by atoms with Gasteiger partial charge in [0.15, 0.2) is 5.13 Å². The van der Waals surface area contributed by atoms with E-state index in [1.807, 2.05) is 11.8 Å². The van der Waals surface area contributed by atoms with Gasteiger partial charge in [0.25, 0.3) is 5.91 Å². The van der Waals surface area contributed by atoms with Crippen molar-refractivity contribution in [2.24, 2.45) is 0 Å². The quantitative estimate of drug-likeness (QED) is 0.867. The van der Waals surface area contributed by atoms with E-state index in [9.17, 15) is 4.79 Å². The molecule has 1 amide bonds. The second-order valence-electron chi connectivity index (χ2n) is 5.17. The standard InChI is InChI=1S/C13H20N4O2S2/c14-11-10(12(18)15-9-1-7-20-8-2-9)21-13(16-11)17-3-5-19-6-4-17/h9H,1-8,14H2,(H,15,18). The number of ether oxygens (including phenoxy) is 1. The van der Waals surface area contributed by atoms with Crippen LogP contribution < -0.4 is 16.0 Å². The highest BCUT2D eigenvalue weighted by Gasteiger charge is 2.23. The van der Waals surface area contributed by atoms with Gasteiger partial charge in [-0.25, -0.2) is 4.98 Å². The highest BCUT2D eigenvalue weighted by Crippen LogP contribution is 2.29. The summed E-state index contributed by atoms with van der Waals surface area (Å²) in [6.07, 6.45) is 2.07. The number of hydrogen-bond acceptors (Lipinski definition) is 7. The van der Waals surface area contributed by atoms with Gasteiger partial charge in [0, 0.05) is 19.1 Å². The van der Waals surface area contributed by atoms with Crippen LogP contribution in [0.2, 0.25) is 0 Å². The molecule has 0 saturated carbocycles.